The molecule has 0 unspecified atom stereocenters. The van der Waals surface area contributed by atoms with Gasteiger partial charge in [0.15, 0.2) is 0 Å². The van der Waals surface area contributed by atoms with Crippen LogP contribution in [0.4, 0.5) is 34.5 Å². The molecule has 0 saturated carbocycles. The van der Waals surface area contributed by atoms with Crippen LogP contribution in [0.1, 0.15) is 37.8 Å². The van der Waals surface area contributed by atoms with E-state index in [0.717, 1.165) is 77.6 Å². The first-order chi connectivity index (χ1) is 23.3. The number of likely N-dealkylation sites (N-methyl/N-ethyl adjacent to an activating group) is 1. The molecular weight excluding hydrogens is 621 g/mol. The van der Waals surface area contributed by atoms with Gasteiger partial charge in [-0.05, 0) is 62.6 Å². The molecule has 0 aliphatic carbocycles. The highest BCUT2D eigenvalue weighted by atomic mass is 32.2. The van der Waals surface area contributed by atoms with E-state index >= 15 is 0 Å². The maximum atomic E-state index is 5.95. The molecule has 6 rings (SSSR count). The monoisotopic (exact) mass is 668 g/mol. The van der Waals surface area contributed by atoms with Crippen molar-refractivity contribution in [1.82, 2.24) is 29.7 Å². The van der Waals surface area contributed by atoms with Crippen LogP contribution in [0.5, 0.6) is 5.75 Å². The summed E-state index contributed by atoms with van der Waals surface area (Å²) in [6, 6.07) is 9.03. The molecule has 2 saturated heterocycles. The number of benzene rings is 2. The second-order valence-electron chi connectivity index (χ2n) is 12.6. The van der Waals surface area contributed by atoms with E-state index in [9.17, 15) is 0 Å². The number of hydrogen-bond acceptors (Lipinski definition) is 12. The first kappa shape index (κ1) is 33.8. The number of hydrogen-bond donors (Lipinski definition) is 2. The van der Waals surface area contributed by atoms with Gasteiger partial charge in [-0.15, -0.1) is 0 Å². The smallest absolute Gasteiger partial charge is 0.229 e. The lowest BCUT2D eigenvalue weighted by atomic mass is 9.99. The van der Waals surface area contributed by atoms with Crippen molar-refractivity contribution in [1.29, 1.82) is 0 Å². The van der Waals surface area contributed by atoms with Crippen LogP contribution in [0, 0.1) is 0 Å². The van der Waals surface area contributed by atoms with Crippen LogP contribution in [0.2, 0.25) is 0 Å². The fourth-order valence-corrected chi connectivity index (χ4v) is 7.11. The second-order valence-corrected chi connectivity index (χ2v) is 13.6. The Labute approximate surface area is 288 Å². The number of piperidine rings is 1. The number of methoxy groups -OCH3 is 1. The normalized spacial score (nSPS) is 16.2. The van der Waals surface area contributed by atoms with Crippen LogP contribution in [0.25, 0.3) is 16.6 Å². The van der Waals surface area contributed by atoms with Gasteiger partial charge < -0.3 is 29.5 Å². The van der Waals surface area contributed by atoms with Gasteiger partial charge in [-0.1, -0.05) is 25.5 Å². The summed E-state index contributed by atoms with van der Waals surface area (Å²) in [5, 5.41) is 7.04. The van der Waals surface area contributed by atoms with Crippen LogP contribution in [-0.2, 0) is 6.42 Å². The van der Waals surface area contributed by atoms with Gasteiger partial charge in [-0.2, -0.15) is 4.98 Å². The van der Waals surface area contributed by atoms with Gasteiger partial charge in [0.25, 0.3) is 0 Å². The molecule has 0 bridgehead atoms. The van der Waals surface area contributed by atoms with Gasteiger partial charge in [0.05, 0.1) is 29.7 Å². The second kappa shape index (κ2) is 15.0. The van der Waals surface area contributed by atoms with Crippen molar-refractivity contribution >= 4 is 63.1 Å². The standard InChI is InChI=1S/C36H48N10OS/c1-8-25-21-30(32(47-6)22-31(25)46-15-11-26(12-16-46)45-19-17-43(4)18-20-45)41-36-39-23-27(24(2)3)35(42-36)40-29-10-9-28-33(38-14-13-37-28)34(29)44(5)48-7/h9-10,13-14,21-23,26H,2,8,11-12,15-20H2,1,3-7H3,(H2,39,40,41,42). The number of fused-ring (bicyclic) bond motifs is 1. The number of piperazine rings is 1. The molecule has 12 heteroatoms. The van der Waals surface area contributed by atoms with Gasteiger partial charge >= 0.3 is 0 Å². The van der Waals surface area contributed by atoms with E-state index in [2.05, 4.69) is 77.3 Å². The molecule has 11 nitrogen and oxygen atoms in total. The minimum atomic E-state index is 0.462. The molecule has 0 amide bonds. The Kier molecular flexibility index (Phi) is 10.5. The highest BCUT2D eigenvalue weighted by Crippen LogP contribution is 2.39. The Morgan fingerprint density at radius 1 is 1.02 bits per heavy atom. The summed E-state index contributed by atoms with van der Waals surface area (Å²) in [7, 11) is 5.96. The van der Waals surface area contributed by atoms with Gasteiger partial charge in [0.2, 0.25) is 5.95 Å². The zero-order chi connectivity index (χ0) is 33.8. The SMILES string of the molecule is C=C(C)c1cnc(Nc2cc(CC)c(N3CCC(N4CCN(C)CC4)CC3)cc2OC)nc1Nc1ccc2nccnc2c1N(C)SC. The number of rotatable bonds is 11. The predicted octanol–water partition coefficient (Wildman–Crippen LogP) is 6.44. The Morgan fingerprint density at radius 2 is 1.77 bits per heavy atom. The molecule has 4 heterocycles. The van der Waals surface area contributed by atoms with E-state index in [-0.39, 0.29) is 0 Å². The van der Waals surface area contributed by atoms with Gasteiger partial charge in [0.1, 0.15) is 17.1 Å². The van der Waals surface area contributed by atoms with Crippen molar-refractivity contribution in [2.24, 2.45) is 0 Å². The molecule has 4 aromatic rings. The maximum Gasteiger partial charge on any atom is 0.229 e. The lowest BCUT2D eigenvalue weighted by Crippen LogP contribution is -2.52. The molecule has 2 aliphatic rings. The van der Waals surface area contributed by atoms with Crippen LogP contribution in [0.15, 0.2) is 49.4 Å². The number of aryl methyl sites for hydroxylation is 1. The van der Waals surface area contributed by atoms with E-state index in [0.29, 0.717) is 17.8 Å². The minimum absolute atomic E-state index is 0.462. The quantitative estimate of drug-likeness (QED) is 0.172. The topological polar surface area (TPSA) is 97.8 Å². The van der Waals surface area contributed by atoms with Crippen molar-refractivity contribution in [3.8, 4) is 5.75 Å². The van der Waals surface area contributed by atoms with Crippen LogP contribution >= 0.6 is 11.9 Å². The lowest BCUT2D eigenvalue weighted by Gasteiger charge is -2.43. The van der Waals surface area contributed by atoms with Crippen LogP contribution in [0.3, 0.4) is 0 Å². The zero-order valence-corrected chi connectivity index (χ0v) is 29.9. The van der Waals surface area contributed by atoms with E-state index in [4.69, 9.17) is 9.72 Å². The molecule has 2 N–H and O–H groups in total. The fraction of sp³-hybridized carbons (Fsp3) is 0.444. The third-order valence-corrected chi connectivity index (χ3v) is 10.3. The van der Waals surface area contributed by atoms with Crippen molar-refractivity contribution in [3.05, 3.63) is 60.6 Å². The Bertz CT molecular complexity index is 1750. The van der Waals surface area contributed by atoms with E-state index in [1.54, 1.807) is 31.5 Å². The summed E-state index contributed by atoms with van der Waals surface area (Å²) in [4.78, 5) is 26.5. The molecule has 2 aliphatic heterocycles. The van der Waals surface area contributed by atoms with Gasteiger partial charge in [-0.25, -0.2) is 4.98 Å². The summed E-state index contributed by atoms with van der Waals surface area (Å²) in [5.74, 6) is 1.87. The fourth-order valence-electron chi connectivity index (χ4n) is 6.75. The number of anilines is 6. The Morgan fingerprint density at radius 3 is 2.46 bits per heavy atom. The molecule has 2 aromatic heterocycles. The summed E-state index contributed by atoms with van der Waals surface area (Å²) in [6.07, 6.45) is 10.6. The van der Waals surface area contributed by atoms with E-state index in [1.165, 1.54) is 37.2 Å². The predicted molar refractivity (Wildman–Crippen MR) is 201 cm³/mol. The Hall–Kier alpha value is -4.13. The van der Waals surface area contributed by atoms with Crippen molar-refractivity contribution < 1.29 is 4.74 Å². The first-order valence-electron chi connectivity index (χ1n) is 16.8. The molecule has 48 heavy (non-hydrogen) atoms. The van der Waals surface area contributed by atoms with Crippen molar-refractivity contribution in [2.75, 3.05) is 86.6 Å². The van der Waals surface area contributed by atoms with Gasteiger partial charge in [0, 0.05) is 94.5 Å². The summed E-state index contributed by atoms with van der Waals surface area (Å²) < 4.78 is 8.03. The van der Waals surface area contributed by atoms with Crippen LogP contribution < -0.4 is 24.6 Å². The third kappa shape index (κ3) is 7.15. The zero-order valence-electron chi connectivity index (χ0n) is 29.1. The summed E-state index contributed by atoms with van der Waals surface area (Å²) in [6.45, 7) is 15.1. The van der Waals surface area contributed by atoms with Gasteiger partial charge in [-0.3, -0.25) is 14.9 Å². The first-order valence-corrected chi connectivity index (χ1v) is 17.9. The number of nitrogens with zero attached hydrogens (tertiary/aromatic N) is 8. The summed E-state index contributed by atoms with van der Waals surface area (Å²) >= 11 is 1.60. The summed E-state index contributed by atoms with van der Waals surface area (Å²) in [5.41, 5.74) is 8.46. The molecule has 0 spiro atoms. The van der Waals surface area contributed by atoms with E-state index in [1.807, 2.05) is 38.6 Å². The minimum Gasteiger partial charge on any atom is -0.494 e. The van der Waals surface area contributed by atoms with E-state index < -0.39 is 0 Å². The average Bonchev–Trinajstić information content (AvgIpc) is 3.11. The molecule has 0 atom stereocenters. The number of nitrogens with one attached hydrogen (secondary N) is 2. The average molecular weight is 669 g/mol. The highest BCUT2D eigenvalue weighted by Gasteiger charge is 2.28. The largest absolute Gasteiger partial charge is 0.494 e. The molecule has 0 radical (unpaired) electrons. The molecule has 2 fully saturated rings. The molecule has 2 aromatic carbocycles. The third-order valence-electron chi connectivity index (χ3n) is 9.59. The Balaban J connectivity index is 1.26. The molecule has 254 valence electrons. The molecular formula is C36H48N10OS. The van der Waals surface area contributed by atoms with Crippen LogP contribution in [-0.4, -0.2) is 103 Å². The lowest BCUT2D eigenvalue weighted by molar-refractivity contribution is 0.0982. The van der Waals surface area contributed by atoms with Crippen molar-refractivity contribution in [3.63, 3.8) is 0 Å². The number of aromatic nitrogens is 4. The van der Waals surface area contributed by atoms with Crippen molar-refractivity contribution in [2.45, 2.75) is 39.2 Å². The maximum absolute atomic E-state index is 5.95. The number of allylic oxidation sites excluding steroid dienone is 1. The highest BCUT2D eigenvalue weighted by molar-refractivity contribution is 7.99. The number of ether oxygens (including phenoxy) is 1.